The van der Waals surface area contributed by atoms with Crippen LogP contribution in [-0.4, -0.2) is 41.4 Å². The molecule has 37 heavy (non-hydrogen) atoms. The lowest BCUT2D eigenvalue weighted by molar-refractivity contribution is 0.0792. The molecule has 0 unspecified atom stereocenters. The molecule has 0 N–H and O–H groups in total. The minimum atomic E-state index is -0.412. The maximum absolute atomic E-state index is 13.2. The van der Waals surface area contributed by atoms with Crippen molar-refractivity contribution >= 4 is 23.4 Å². The van der Waals surface area contributed by atoms with Crippen LogP contribution in [0.5, 0.6) is 0 Å². The average Bonchev–Trinajstić information content (AvgIpc) is 3.48. The molecule has 2 heterocycles. The van der Waals surface area contributed by atoms with Gasteiger partial charge in [-0.3, -0.25) is 14.4 Å². The maximum atomic E-state index is 13.2. The van der Waals surface area contributed by atoms with E-state index in [1.165, 1.54) is 11.0 Å². The molecule has 4 aromatic rings. The molecule has 0 spiro atoms. The number of imide groups is 1. The molecule has 186 valence electrons. The van der Waals surface area contributed by atoms with Gasteiger partial charge in [-0.05, 0) is 55.7 Å². The number of benzene rings is 3. The average molecular weight is 494 g/mol. The SMILES string of the molecule is Cc1ccc(C)c(N2C(=O)c3ccc(C(=O)N(C)CCCc4cc(-c5ccccc5)no4)cc3C2=O)c1. The van der Waals surface area contributed by atoms with Gasteiger partial charge in [0.15, 0.2) is 0 Å². The quantitative estimate of drug-likeness (QED) is 0.319. The number of carbonyl (C=O) groups is 3. The van der Waals surface area contributed by atoms with Crippen LogP contribution in [0.3, 0.4) is 0 Å². The summed E-state index contributed by atoms with van der Waals surface area (Å²) in [7, 11) is 1.72. The van der Waals surface area contributed by atoms with Gasteiger partial charge in [0.25, 0.3) is 17.7 Å². The molecule has 1 aromatic heterocycles. The van der Waals surface area contributed by atoms with Crippen LogP contribution in [-0.2, 0) is 6.42 Å². The van der Waals surface area contributed by atoms with Gasteiger partial charge >= 0.3 is 0 Å². The maximum Gasteiger partial charge on any atom is 0.266 e. The van der Waals surface area contributed by atoms with Gasteiger partial charge in [0, 0.05) is 37.2 Å². The molecule has 0 radical (unpaired) electrons. The van der Waals surface area contributed by atoms with Crippen LogP contribution in [0.4, 0.5) is 5.69 Å². The Morgan fingerprint density at radius 3 is 2.46 bits per heavy atom. The van der Waals surface area contributed by atoms with Gasteiger partial charge in [0.1, 0.15) is 11.5 Å². The third-order valence-electron chi connectivity index (χ3n) is 6.63. The van der Waals surface area contributed by atoms with Gasteiger partial charge in [-0.2, -0.15) is 0 Å². The predicted molar refractivity (Wildman–Crippen MR) is 141 cm³/mol. The van der Waals surface area contributed by atoms with Gasteiger partial charge in [-0.15, -0.1) is 0 Å². The first-order valence-electron chi connectivity index (χ1n) is 12.2. The summed E-state index contributed by atoms with van der Waals surface area (Å²) in [6.45, 7) is 4.28. The second-order valence-corrected chi connectivity index (χ2v) is 9.37. The van der Waals surface area contributed by atoms with E-state index in [1.54, 1.807) is 24.1 Å². The lowest BCUT2D eigenvalue weighted by atomic mass is 10.0. The summed E-state index contributed by atoms with van der Waals surface area (Å²) in [4.78, 5) is 42.2. The topological polar surface area (TPSA) is 83.7 Å². The van der Waals surface area contributed by atoms with E-state index in [2.05, 4.69) is 5.16 Å². The molecule has 0 aliphatic carbocycles. The minimum Gasteiger partial charge on any atom is -0.361 e. The monoisotopic (exact) mass is 493 g/mol. The largest absolute Gasteiger partial charge is 0.361 e. The Kier molecular flexibility index (Phi) is 6.44. The first kappa shape index (κ1) is 24.2. The van der Waals surface area contributed by atoms with Crippen molar-refractivity contribution in [1.82, 2.24) is 10.1 Å². The lowest BCUT2D eigenvalue weighted by Crippen LogP contribution is -2.30. The minimum absolute atomic E-state index is 0.212. The van der Waals surface area contributed by atoms with Crippen LogP contribution in [0.2, 0.25) is 0 Å². The summed E-state index contributed by atoms with van der Waals surface area (Å²) in [6, 6.07) is 22.1. The molecule has 0 bridgehead atoms. The Bertz CT molecular complexity index is 1510. The van der Waals surface area contributed by atoms with Crippen LogP contribution in [0.1, 0.15) is 54.4 Å². The second kappa shape index (κ2) is 9.85. The van der Waals surface area contributed by atoms with Crippen molar-refractivity contribution in [2.75, 3.05) is 18.5 Å². The number of aryl methyl sites for hydroxylation is 3. The highest BCUT2D eigenvalue weighted by atomic mass is 16.5. The van der Waals surface area contributed by atoms with Crippen molar-refractivity contribution < 1.29 is 18.9 Å². The van der Waals surface area contributed by atoms with E-state index in [9.17, 15) is 14.4 Å². The van der Waals surface area contributed by atoms with E-state index < -0.39 is 5.91 Å². The van der Waals surface area contributed by atoms with Gasteiger partial charge < -0.3 is 9.42 Å². The standard InChI is InChI=1S/C30H27N3O4/c1-19-11-12-20(2)27(16-19)33-29(35)24-14-13-22(17-25(24)30(33)36)28(34)32(3)15-7-10-23-18-26(31-37-23)21-8-5-4-6-9-21/h4-6,8-9,11-14,16-18H,7,10,15H2,1-3H3. The zero-order valence-corrected chi connectivity index (χ0v) is 21.0. The first-order valence-corrected chi connectivity index (χ1v) is 12.2. The van der Waals surface area contributed by atoms with Crippen molar-refractivity contribution in [2.45, 2.75) is 26.7 Å². The Morgan fingerprint density at radius 2 is 1.68 bits per heavy atom. The number of fused-ring (bicyclic) bond motifs is 1. The molecule has 0 fully saturated rings. The fourth-order valence-corrected chi connectivity index (χ4v) is 4.54. The molecular formula is C30H27N3O4. The third kappa shape index (κ3) is 4.68. The van der Waals surface area contributed by atoms with E-state index in [1.807, 2.05) is 68.4 Å². The van der Waals surface area contributed by atoms with Crippen LogP contribution in [0.15, 0.2) is 77.3 Å². The van der Waals surface area contributed by atoms with Crippen molar-refractivity contribution in [3.05, 3.63) is 106 Å². The van der Waals surface area contributed by atoms with Gasteiger partial charge in [-0.25, -0.2) is 4.90 Å². The number of hydrogen-bond donors (Lipinski definition) is 0. The number of aromatic nitrogens is 1. The zero-order valence-electron chi connectivity index (χ0n) is 21.0. The number of rotatable bonds is 7. The third-order valence-corrected chi connectivity index (χ3v) is 6.63. The molecule has 0 saturated heterocycles. The molecule has 1 aliphatic heterocycles. The van der Waals surface area contributed by atoms with Crippen LogP contribution in [0, 0.1) is 13.8 Å². The van der Waals surface area contributed by atoms with E-state index in [0.717, 1.165) is 28.1 Å². The van der Waals surface area contributed by atoms with Crippen LogP contribution >= 0.6 is 0 Å². The molecule has 7 nitrogen and oxygen atoms in total. The predicted octanol–water partition coefficient (Wildman–Crippen LogP) is 5.46. The number of anilines is 1. The summed E-state index contributed by atoms with van der Waals surface area (Å²) in [5.74, 6) is -0.239. The highest BCUT2D eigenvalue weighted by Gasteiger charge is 2.38. The number of amides is 3. The van der Waals surface area contributed by atoms with E-state index >= 15 is 0 Å². The highest BCUT2D eigenvalue weighted by Crippen LogP contribution is 2.32. The normalized spacial score (nSPS) is 12.7. The molecule has 3 amide bonds. The van der Waals surface area contributed by atoms with Crippen molar-refractivity contribution in [1.29, 1.82) is 0 Å². The molecule has 0 saturated carbocycles. The number of nitrogens with zero attached hydrogens (tertiary/aromatic N) is 3. The number of carbonyl (C=O) groups excluding carboxylic acids is 3. The van der Waals surface area contributed by atoms with Crippen molar-refractivity contribution in [2.24, 2.45) is 0 Å². The number of hydrogen-bond acceptors (Lipinski definition) is 5. The Balaban J connectivity index is 1.25. The van der Waals surface area contributed by atoms with Crippen LogP contribution in [0.25, 0.3) is 11.3 Å². The van der Waals surface area contributed by atoms with E-state index in [0.29, 0.717) is 36.2 Å². The first-order chi connectivity index (χ1) is 17.8. The van der Waals surface area contributed by atoms with Gasteiger partial charge in [0.2, 0.25) is 0 Å². The van der Waals surface area contributed by atoms with E-state index in [-0.39, 0.29) is 17.4 Å². The highest BCUT2D eigenvalue weighted by molar-refractivity contribution is 6.35. The Labute approximate surface area is 215 Å². The fourth-order valence-electron chi connectivity index (χ4n) is 4.54. The molecule has 3 aromatic carbocycles. The molecular weight excluding hydrogens is 466 g/mol. The van der Waals surface area contributed by atoms with Gasteiger partial charge in [-0.1, -0.05) is 47.6 Å². The van der Waals surface area contributed by atoms with Gasteiger partial charge in [0.05, 0.1) is 16.8 Å². The summed E-state index contributed by atoms with van der Waals surface area (Å²) < 4.78 is 5.45. The summed E-state index contributed by atoms with van der Waals surface area (Å²) in [5, 5.41) is 4.13. The Morgan fingerprint density at radius 1 is 0.919 bits per heavy atom. The molecule has 7 heteroatoms. The smallest absolute Gasteiger partial charge is 0.266 e. The summed E-state index contributed by atoms with van der Waals surface area (Å²) in [6.07, 6.45) is 1.33. The molecule has 1 aliphatic rings. The van der Waals surface area contributed by atoms with E-state index in [4.69, 9.17) is 4.52 Å². The van der Waals surface area contributed by atoms with Crippen molar-refractivity contribution in [3.8, 4) is 11.3 Å². The Hall–Kier alpha value is -4.52. The van der Waals surface area contributed by atoms with Crippen molar-refractivity contribution in [3.63, 3.8) is 0 Å². The summed E-state index contributed by atoms with van der Waals surface area (Å²) >= 11 is 0. The zero-order chi connectivity index (χ0) is 26.1. The molecule has 5 rings (SSSR count). The fraction of sp³-hybridized carbons (Fsp3) is 0.200. The van der Waals surface area contributed by atoms with Crippen LogP contribution < -0.4 is 4.90 Å². The summed E-state index contributed by atoms with van der Waals surface area (Å²) in [5.41, 5.74) is 5.06. The lowest BCUT2D eigenvalue weighted by Gasteiger charge is -2.17. The molecule has 0 atom stereocenters. The second-order valence-electron chi connectivity index (χ2n) is 9.37.